The number of hydrogen-bond acceptors (Lipinski definition) is 5. The van der Waals surface area contributed by atoms with Gasteiger partial charge in [0.2, 0.25) is 5.91 Å². The largest absolute Gasteiger partial charge is 0.479 e. The molecule has 137 valence electrons. The third kappa shape index (κ3) is 2.50. The van der Waals surface area contributed by atoms with Gasteiger partial charge in [0.15, 0.2) is 15.4 Å². The van der Waals surface area contributed by atoms with Crippen LogP contribution in [0.3, 0.4) is 0 Å². The molecule has 1 radical (unpaired) electrons. The third-order valence-electron chi connectivity index (χ3n) is 5.20. The normalized spacial score (nSPS) is 29.9. The number of aromatic amines is 1. The monoisotopic (exact) mass is 376 g/mol. The van der Waals surface area contributed by atoms with Gasteiger partial charge in [-0.3, -0.25) is 4.79 Å². The number of carbonyl (C=O) groups is 2. The maximum atomic E-state index is 12.5. The molecular weight excluding hydrogens is 358 g/mol. The van der Waals surface area contributed by atoms with E-state index in [-0.39, 0.29) is 6.42 Å². The molecule has 1 aliphatic carbocycles. The van der Waals surface area contributed by atoms with E-state index in [1.54, 1.807) is 6.20 Å². The van der Waals surface area contributed by atoms with E-state index in [0.717, 1.165) is 16.5 Å². The molecule has 2 fully saturated rings. The number of carbonyl (C=O) groups excluding carboxylic acids is 1. The molecule has 2 aromatic rings. The fourth-order valence-corrected chi connectivity index (χ4v) is 6.06. The molecule has 1 aromatic heterocycles. The van der Waals surface area contributed by atoms with Crippen LogP contribution in [0.15, 0.2) is 30.5 Å². The minimum atomic E-state index is -3.55. The number of hydrogen-bond donors (Lipinski definition) is 4. The number of aliphatic carboxylic acids is 1. The summed E-state index contributed by atoms with van der Waals surface area (Å²) in [6.07, 6.45) is 3.41. The molecule has 2 aliphatic rings. The summed E-state index contributed by atoms with van der Waals surface area (Å²) < 4.78 is 24.0. The highest BCUT2D eigenvalue weighted by atomic mass is 32.2. The van der Waals surface area contributed by atoms with Crippen molar-refractivity contribution in [3.63, 3.8) is 0 Å². The number of sulfone groups is 1. The van der Waals surface area contributed by atoms with Crippen molar-refractivity contribution in [2.45, 2.75) is 23.3 Å². The summed E-state index contributed by atoms with van der Waals surface area (Å²) in [4.78, 5) is 27.4. The van der Waals surface area contributed by atoms with Crippen molar-refractivity contribution in [1.29, 1.82) is 0 Å². The first-order valence-corrected chi connectivity index (χ1v) is 9.89. The fraction of sp³-hybridized carbons (Fsp3) is 0.353. The summed E-state index contributed by atoms with van der Waals surface area (Å²) in [5.74, 6) is -3.33. The molecule has 8 nitrogen and oxygen atoms in total. The molecule has 4 rings (SSSR count). The molecule has 0 bridgehead atoms. The van der Waals surface area contributed by atoms with E-state index in [1.165, 1.54) is 6.42 Å². The van der Waals surface area contributed by atoms with Crippen LogP contribution in [0.2, 0.25) is 0 Å². The highest BCUT2D eigenvalue weighted by Crippen LogP contribution is 2.51. The van der Waals surface area contributed by atoms with Gasteiger partial charge < -0.3 is 21.1 Å². The smallest absolute Gasteiger partial charge is 0.330 e. The van der Waals surface area contributed by atoms with Crippen molar-refractivity contribution in [3.05, 3.63) is 42.4 Å². The van der Waals surface area contributed by atoms with E-state index in [4.69, 9.17) is 5.73 Å². The zero-order chi connectivity index (χ0) is 18.7. The van der Waals surface area contributed by atoms with Crippen LogP contribution in [-0.4, -0.2) is 53.0 Å². The lowest BCUT2D eigenvalue weighted by atomic mass is 9.94. The van der Waals surface area contributed by atoms with Crippen molar-refractivity contribution < 1.29 is 23.1 Å². The zero-order valence-electron chi connectivity index (χ0n) is 13.7. The fourth-order valence-electron chi connectivity index (χ4n) is 3.76. The lowest BCUT2D eigenvalue weighted by molar-refractivity contribution is -0.147. The van der Waals surface area contributed by atoms with Crippen molar-refractivity contribution in [2.75, 3.05) is 5.75 Å². The molecule has 0 unspecified atom stereocenters. The number of benzene rings is 1. The number of fused-ring (bicyclic) bond motifs is 2. The van der Waals surface area contributed by atoms with Gasteiger partial charge in [0.05, 0.1) is 17.0 Å². The summed E-state index contributed by atoms with van der Waals surface area (Å²) >= 11 is 0. The Balaban J connectivity index is 1.53. The standard InChI is InChI=1S/C17H18N3O5S/c18-12(5-9-7-19-13-4-2-1-3-10(9)13)15(21)20-17(16(22)23)8-26(24,25)14-6-11(14)17/h1-4,6-7,11-12,14,19H,5,8,18H2,(H,20,21)(H,22,23)/t11-,12+,14+,17+/m1/s1. The second-order valence-corrected chi connectivity index (χ2v) is 9.08. The summed E-state index contributed by atoms with van der Waals surface area (Å²) in [6.45, 7) is 0. The van der Waals surface area contributed by atoms with Crippen LogP contribution in [0, 0.1) is 12.3 Å². The van der Waals surface area contributed by atoms with Gasteiger partial charge in [-0.05, 0) is 24.5 Å². The molecule has 5 N–H and O–H groups in total. The van der Waals surface area contributed by atoms with E-state index in [1.807, 2.05) is 24.3 Å². The van der Waals surface area contributed by atoms with E-state index in [9.17, 15) is 23.1 Å². The summed E-state index contributed by atoms with van der Waals surface area (Å²) in [7, 11) is -3.55. The van der Waals surface area contributed by atoms with Crippen LogP contribution in [0.25, 0.3) is 10.9 Å². The minimum Gasteiger partial charge on any atom is -0.479 e. The number of H-pyrrole nitrogens is 1. The molecule has 0 spiro atoms. The molecule has 1 aliphatic heterocycles. The molecule has 4 atom stereocenters. The first-order valence-electron chi connectivity index (χ1n) is 8.17. The number of carboxylic acid groups (broad SMARTS) is 1. The molecule has 1 amide bonds. The molecule has 9 heteroatoms. The quantitative estimate of drug-likeness (QED) is 0.560. The van der Waals surface area contributed by atoms with E-state index < -0.39 is 50.2 Å². The summed E-state index contributed by atoms with van der Waals surface area (Å²) in [5.41, 5.74) is 5.91. The van der Waals surface area contributed by atoms with Gasteiger partial charge in [-0.2, -0.15) is 0 Å². The number of carboxylic acids is 1. The Morgan fingerprint density at radius 3 is 2.73 bits per heavy atom. The Hall–Kier alpha value is -2.39. The first-order chi connectivity index (χ1) is 12.2. The van der Waals surface area contributed by atoms with Crippen molar-refractivity contribution in [2.24, 2.45) is 11.7 Å². The molecule has 1 saturated heterocycles. The van der Waals surface area contributed by atoms with Crippen molar-refractivity contribution >= 4 is 32.6 Å². The lowest BCUT2D eigenvalue weighted by Gasteiger charge is -2.28. The number of amides is 1. The van der Waals surface area contributed by atoms with Gasteiger partial charge in [0, 0.05) is 23.0 Å². The average Bonchev–Trinajstić information content (AvgIpc) is 3.26. The van der Waals surface area contributed by atoms with Gasteiger partial charge >= 0.3 is 5.97 Å². The van der Waals surface area contributed by atoms with Gasteiger partial charge in [-0.15, -0.1) is 0 Å². The van der Waals surface area contributed by atoms with E-state index in [0.29, 0.717) is 0 Å². The predicted molar refractivity (Wildman–Crippen MR) is 93.9 cm³/mol. The van der Waals surface area contributed by atoms with Crippen LogP contribution in [0.1, 0.15) is 5.56 Å². The topological polar surface area (TPSA) is 142 Å². The molecule has 1 aromatic carbocycles. The van der Waals surface area contributed by atoms with Crippen molar-refractivity contribution in [3.8, 4) is 0 Å². The van der Waals surface area contributed by atoms with Crippen LogP contribution in [0.5, 0.6) is 0 Å². The lowest BCUT2D eigenvalue weighted by Crippen LogP contribution is -2.61. The number of aromatic nitrogens is 1. The Bertz CT molecular complexity index is 1010. The van der Waals surface area contributed by atoms with Gasteiger partial charge in [0.25, 0.3) is 0 Å². The molecule has 26 heavy (non-hydrogen) atoms. The average molecular weight is 376 g/mol. The highest BCUT2D eigenvalue weighted by molar-refractivity contribution is 7.93. The SMILES string of the molecule is N[C@@H](Cc1c[nH]c2ccccc12)C(=O)N[C@@]1(C(=O)O)CS(=O)(=O)[C@H]2[CH][C@H]21. The van der Waals surface area contributed by atoms with Gasteiger partial charge in [0.1, 0.15) is 0 Å². The Morgan fingerprint density at radius 1 is 1.38 bits per heavy atom. The number of para-hydroxylation sites is 1. The van der Waals surface area contributed by atoms with E-state index >= 15 is 0 Å². The predicted octanol–water partition coefficient (Wildman–Crippen LogP) is -0.392. The first kappa shape index (κ1) is 17.0. The second-order valence-electron chi connectivity index (χ2n) is 6.93. The minimum absolute atomic E-state index is 0.204. The number of rotatable bonds is 5. The second kappa shape index (κ2) is 5.55. The maximum absolute atomic E-state index is 12.5. The highest BCUT2D eigenvalue weighted by Gasteiger charge is 2.71. The van der Waals surface area contributed by atoms with E-state index in [2.05, 4.69) is 10.3 Å². The summed E-state index contributed by atoms with van der Waals surface area (Å²) in [5, 5.41) is 12.1. The van der Waals surface area contributed by atoms with Crippen LogP contribution in [0.4, 0.5) is 0 Å². The van der Waals surface area contributed by atoms with Crippen LogP contribution >= 0.6 is 0 Å². The summed E-state index contributed by atoms with van der Waals surface area (Å²) in [6, 6.07) is 6.56. The molecule has 1 saturated carbocycles. The van der Waals surface area contributed by atoms with Crippen molar-refractivity contribution in [1.82, 2.24) is 10.3 Å². The number of nitrogens with two attached hydrogens (primary N) is 1. The van der Waals surface area contributed by atoms with Crippen LogP contribution < -0.4 is 11.1 Å². The number of nitrogens with one attached hydrogen (secondary N) is 2. The Morgan fingerprint density at radius 2 is 2.12 bits per heavy atom. The Kier molecular flexibility index (Phi) is 3.64. The molecule has 2 heterocycles. The zero-order valence-corrected chi connectivity index (χ0v) is 14.5. The van der Waals surface area contributed by atoms with Gasteiger partial charge in [-0.25, -0.2) is 13.2 Å². The maximum Gasteiger partial charge on any atom is 0.330 e. The molecular formula is C17H18N3O5S. The van der Waals surface area contributed by atoms with Gasteiger partial charge in [-0.1, -0.05) is 18.2 Å². The Labute approximate surface area is 149 Å². The third-order valence-corrected chi connectivity index (χ3v) is 7.34. The van der Waals surface area contributed by atoms with Crippen LogP contribution in [-0.2, 0) is 25.8 Å².